The first-order valence-electron chi connectivity index (χ1n) is 7.90. The number of hydrogen-bond acceptors (Lipinski definition) is 3. The van der Waals surface area contributed by atoms with E-state index in [1.54, 1.807) is 0 Å². The molecule has 0 saturated carbocycles. The van der Waals surface area contributed by atoms with Gasteiger partial charge in [-0.3, -0.25) is 4.79 Å². The van der Waals surface area contributed by atoms with E-state index in [0.717, 1.165) is 29.8 Å². The maximum Gasteiger partial charge on any atom is 0.259 e. The van der Waals surface area contributed by atoms with E-state index >= 15 is 0 Å². The summed E-state index contributed by atoms with van der Waals surface area (Å²) < 4.78 is 0. The number of hydrogen-bond donors (Lipinski definition) is 2. The molecule has 0 spiro atoms. The highest BCUT2D eigenvalue weighted by Crippen LogP contribution is 2.07. The molecule has 2 aromatic carbocycles. The number of hydrazone groups is 1. The molecule has 4 heteroatoms. The van der Waals surface area contributed by atoms with Gasteiger partial charge >= 0.3 is 0 Å². The van der Waals surface area contributed by atoms with Gasteiger partial charge in [-0.25, -0.2) is 5.43 Å². The Balaban J connectivity index is 1.84. The van der Waals surface area contributed by atoms with Crippen molar-refractivity contribution in [1.82, 2.24) is 5.43 Å². The molecule has 0 unspecified atom stereocenters. The monoisotopic (exact) mass is 309 g/mol. The third-order valence-corrected chi connectivity index (χ3v) is 3.49. The number of carbonyl (C=O) groups excluding carboxylic acids is 1. The molecule has 1 amide bonds. The predicted molar refractivity (Wildman–Crippen MR) is 95.7 cm³/mol. The van der Waals surface area contributed by atoms with Crippen LogP contribution in [0, 0.1) is 0 Å². The van der Waals surface area contributed by atoms with Crippen LogP contribution in [0.15, 0.2) is 59.7 Å². The van der Waals surface area contributed by atoms with E-state index < -0.39 is 0 Å². The van der Waals surface area contributed by atoms with E-state index in [2.05, 4.69) is 34.9 Å². The van der Waals surface area contributed by atoms with Gasteiger partial charge < -0.3 is 5.32 Å². The minimum Gasteiger partial charge on any atom is -0.376 e. The van der Waals surface area contributed by atoms with Gasteiger partial charge in [0.05, 0.1) is 12.3 Å². The zero-order valence-corrected chi connectivity index (χ0v) is 13.7. The average Bonchev–Trinajstić information content (AvgIpc) is 2.59. The number of carbonyl (C=O) groups is 1. The van der Waals surface area contributed by atoms with Gasteiger partial charge in [0, 0.05) is 5.69 Å². The zero-order valence-electron chi connectivity index (χ0n) is 13.7. The molecule has 2 rings (SSSR count). The van der Waals surface area contributed by atoms with Gasteiger partial charge in [0.1, 0.15) is 0 Å². The van der Waals surface area contributed by atoms with Crippen LogP contribution in [0.5, 0.6) is 0 Å². The third kappa shape index (κ3) is 5.58. The maximum atomic E-state index is 11.8. The van der Waals surface area contributed by atoms with Gasteiger partial charge in [-0.2, -0.15) is 5.10 Å². The highest BCUT2D eigenvalue weighted by atomic mass is 16.2. The fourth-order valence-electron chi connectivity index (χ4n) is 2.19. The lowest BCUT2D eigenvalue weighted by Gasteiger charge is -2.06. The molecule has 4 nitrogen and oxygen atoms in total. The molecular formula is C19H23N3O. The summed E-state index contributed by atoms with van der Waals surface area (Å²) in [6.07, 6.45) is 2.22. The van der Waals surface area contributed by atoms with Crippen molar-refractivity contribution in [2.75, 3.05) is 11.9 Å². The Morgan fingerprint density at radius 2 is 1.74 bits per heavy atom. The summed E-state index contributed by atoms with van der Waals surface area (Å²) in [7, 11) is 0. The van der Waals surface area contributed by atoms with Crippen LogP contribution in [0.3, 0.4) is 0 Å². The Bertz CT molecular complexity index is 648. The van der Waals surface area contributed by atoms with Crippen molar-refractivity contribution < 1.29 is 4.79 Å². The molecule has 0 radical (unpaired) electrons. The highest BCUT2D eigenvalue weighted by Gasteiger charge is 2.02. The van der Waals surface area contributed by atoms with Crippen molar-refractivity contribution in [1.29, 1.82) is 0 Å². The summed E-state index contributed by atoms with van der Waals surface area (Å²) in [5.41, 5.74) is 6.62. The highest BCUT2D eigenvalue weighted by molar-refractivity contribution is 5.99. The number of amides is 1. The molecule has 23 heavy (non-hydrogen) atoms. The topological polar surface area (TPSA) is 53.5 Å². The van der Waals surface area contributed by atoms with Gasteiger partial charge in [-0.15, -0.1) is 0 Å². The second-order valence-electron chi connectivity index (χ2n) is 5.40. The van der Waals surface area contributed by atoms with Crippen LogP contribution in [0.2, 0.25) is 0 Å². The maximum absolute atomic E-state index is 11.8. The quantitative estimate of drug-likeness (QED) is 0.606. The summed E-state index contributed by atoms with van der Waals surface area (Å²) in [6, 6.07) is 17.9. The predicted octanol–water partition coefficient (Wildman–Crippen LogP) is 3.59. The number of anilines is 1. The fraction of sp³-hybridized carbons (Fsp3) is 0.263. The normalized spacial score (nSPS) is 11.1. The first kappa shape index (κ1) is 16.7. The Labute approximate surface area is 137 Å². The van der Waals surface area contributed by atoms with Crippen LogP contribution < -0.4 is 10.7 Å². The molecule has 0 heterocycles. The Morgan fingerprint density at radius 3 is 2.39 bits per heavy atom. The van der Waals surface area contributed by atoms with Crippen molar-refractivity contribution in [2.24, 2.45) is 5.10 Å². The van der Waals surface area contributed by atoms with Crippen LogP contribution in [0.1, 0.15) is 31.4 Å². The molecule has 0 atom stereocenters. The third-order valence-electron chi connectivity index (χ3n) is 3.49. The van der Waals surface area contributed by atoms with Crippen LogP contribution in [0.25, 0.3) is 0 Å². The van der Waals surface area contributed by atoms with Crippen LogP contribution >= 0.6 is 0 Å². The molecule has 0 saturated heterocycles. The second kappa shape index (κ2) is 8.73. The number of aryl methyl sites for hydroxylation is 1. The minimum absolute atomic E-state index is 0.171. The minimum atomic E-state index is -0.171. The SMILES string of the molecule is CCCc1ccc(/C(C)=N\NC(=O)CNc2ccccc2)cc1. The van der Waals surface area contributed by atoms with Gasteiger partial charge in [0.15, 0.2) is 0 Å². The number of nitrogens with one attached hydrogen (secondary N) is 2. The number of benzene rings is 2. The summed E-state index contributed by atoms with van der Waals surface area (Å²) in [5, 5.41) is 7.21. The van der Waals surface area contributed by atoms with Crippen molar-refractivity contribution in [3.8, 4) is 0 Å². The lowest BCUT2D eigenvalue weighted by molar-refractivity contribution is -0.119. The van der Waals surface area contributed by atoms with Gasteiger partial charge in [-0.05, 0) is 36.6 Å². The van der Waals surface area contributed by atoms with Gasteiger partial charge in [0.2, 0.25) is 0 Å². The Kier molecular flexibility index (Phi) is 6.36. The Morgan fingerprint density at radius 1 is 1.04 bits per heavy atom. The van der Waals surface area contributed by atoms with E-state index in [4.69, 9.17) is 0 Å². The summed E-state index contributed by atoms with van der Waals surface area (Å²) in [5.74, 6) is -0.171. The molecular weight excluding hydrogens is 286 g/mol. The molecule has 0 aliphatic carbocycles. The van der Waals surface area contributed by atoms with Crippen molar-refractivity contribution >= 4 is 17.3 Å². The smallest absolute Gasteiger partial charge is 0.259 e. The second-order valence-corrected chi connectivity index (χ2v) is 5.40. The van der Waals surface area contributed by atoms with E-state index in [9.17, 15) is 4.79 Å². The lowest BCUT2D eigenvalue weighted by atomic mass is 10.1. The van der Waals surface area contributed by atoms with Gasteiger partial charge in [0.25, 0.3) is 5.91 Å². The lowest BCUT2D eigenvalue weighted by Crippen LogP contribution is -2.26. The van der Waals surface area contributed by atoms with Gasteiger partial charge in [-0.1, -0.05) is 55.8 Å². The van der Waals surface area contributed by atoms with E-state index in [-0.39, 0.29) is 12.5 Å². The van der Waals surface area contributed by atoms with E-state index in [0.29, 0.717) is 0 Å². The summed E-state index contributed by atoms with van der Waals surface area (Å²) >= 11 is 0. The largest absolute Gasteiger partial charge is 0.376 e. The Hall–Kier alpha value is -2.62. The number of rotatable bonds is 7. The molecule has 0 aliphatic rings. The van der Waals surface area contributed by atoms with E-state index in [1.165, 1.54) is 5.56 Å². The standard InChI is InChI=1S/C19H23N3O/c1-3-7-16-10-12-17(13-11-16)15(2)21-22-19(23)14-20-18-8-5-4-6-9-18/h4-6,8-13,20H,3,7,14H2,1-2H3,(H,22,23)/b21-15-. The first-order valence-corrected chi connectivity index (χ1v) is 7.90. The summed E-state index contributed by atoms with van der Waals surface area (Å²) in [6.45, 7) is 4.25. The molecule has 2 N–H and O–H groups in total. The van der Waals surface area contributed by atoms with Crippen molar-refractivity contribution in [3.05, 3.63) is 65.7 Å². The van der Waals surface area contributed by atoms with Crippen LogP contribution in [-0.2, 0) is 11.2 Å². The first-order chi connectivity index (χ1) is 11.2. The molecule has 0 aromatic heterocycles. The molecule has 0 aliphatic heterocycles. The summed E-state index contributed by atoms with van der Waals surface area (Å²) in [4.78, 5) is 11.8. The van der Waals surface area contributed by atoms with E-state index in [1.807, 2.05) is 49.4 Å². The van der Waals surface area contributed by atoms with Crippen molar-refractivity contribution in [3.63, 3.8) is 0 Å². The number of para-hydroxylation sites is 1. The van der Waals surface area contributed by atoms with Crippen molar-refractivity contribution in [2.45, 2.75) is 26.7 Å². The average molecular weight is 309 g/mol. The van der Waals surface area contributed by atoms with Crippen LogP contribution in [-0.4, -0.2) is 18.2 Å². The molecule has 2 aromatic rings. The fourth-order valence-corrected chi connectivity index (χ4v) is 2.19. The molecule has 120 valence electrons. The van der Waals surface area contributed by atoms with Crippen LogP contribution in [0.4, 0.5) is 5.69 Å². The number of nitrogens with zero attached hydrogens (tertiary/aromatic N) is 1. The molecule has 0 bridgehead atoms. The molecule has 0 fully saturated rings. The zero-order chi connectivity index (χ0) is 16.5.